The van der Waals surface area contributed by atoms with Crippen LogP contribution in [0.25, 0.3) is 0 Å². The minimum Gasteiger partial charge on any atom is -0.299 e. The van der Waals surface area contributed by atoms with Crippen LogP contribution in [0.3, 0.4) is 0 Å². The van der Waals surface area contributed by atoms with Gasteiger partial charge >= 0.3 is 0 Å². The van der Waals surface area contributed by atoms with Gasteiger partial charge in [0.25, 0.3) is 0 Å². The number of carbonyl (C=O) groups excluding carboxylic acids is 1. The molecule has 1 aliphatic rings. The molecule has 1 amide bonds. The molecular weight excluding hydrogens is 192 g/mol. The summed E-state index contributed by atoms with van der Waals surface area (Å²) in [6, 6.07) is 2.80. The second-order valence-corrected chi connectivity index (χ2v) is 3.85. The van der Waals surface area contributed by atoms with Crippen molar-refractivity contribution < 1.29 is 4.79 Å². The maximum absolute atomic E-state index is 10.9. The van der Waals surface area contributed by atoms with Crippen LogP contribution in [-0.4, -0.2) is 29.9 Å². The van der Waals surface area contributed by atoms with Crippen molar-refractivity contribution in [3.8, 4) is 6.07 Å². The number of nitrogens with two attached hydrogens (primary N) is 1. The maximum Gasteiger partial charge on any atom is 0.233 e. The molecule has 0 heterocycles. The molecule has 0 bridgehead atoms. The van der Waals surface area contributed by atoms with Crippen LogP contribution in [0, 0.1) is 11.3 Å². The molecule has 0 aromatic rings. The number of hydrazine groups is 1. The van der Waals surface area contributed by atoms with E-state index in [0.29, 0.717) is 18.9 Å². The standard InChI is InChI=1S/C10H18N4O/c11-6-2-8-14(9-4-5-9)7-1-3-10(15)13-12/h9H,1-5,7-8,12H2,(H,13,15). The summed E-state index contributed by atoms with van der Waals surface area (Å²) < 4.78 is 0. The van der Waals surface area contributed by atoms with E-state index in [1.807, 2.05) is 0 Å². The van der Waals surface area contributed by atoms with Gasteiger partial charge < -0.3 is 0 Å². The van der Waals surface area contributed by atoms with Gasteiger partial charge in [-0.15, -0.1) is 0 Å². The lowest BCUT2D eigenvalue weighted by molar-refractivity contribution is -0.121. The molecule has 0 atom stereocenters. The minimum atomic E-state index is -0.119. The van der Waals surface area contributed by atoms with Gasteiger partial charge in [-0.3, -0.25) is 15.1 Å². The molecule has 0 saturated heterocycles. The average Bonchev–Trinajstić information content (AvgIpc) is 3.06. The Bertz CT molecular complexity index is 244. The van der Waals surface area contributed by atoms with Crippen molar-refractivity contribution in [1.29, 1.82) is 5.26 Å². The number of nitrogens with zero attached hydrogens (tertiary/aromatic N) is 2. The molecule has 5 nitrogen and oxygen atoms in total. The molecule has 1 saturated carbocycles. The number of carbonyl (C=O) groups is 1. The zero-order chi connectivity index (χ0) is 11.1. The Labute approximate surface area is 90.2 Å². The molecule has 84 valence electrons. The highest BCUT2D eigenvalue weighted by molar-refractivity contribution is 5.75. The van der Waals surface area contributed by atoms with Crippen molar-refractivity contribution >= 4 is 5.91 Å². The average molecular weight is 210 g/mol. The molecular formula is C10H18N4O. The van der Waals surface area contributed by atoms with Crippen molar-refractivity contribution in [2.45, 2.75) is 38.1 Å². The Morgan fingerprint density at radius 3 is 2.80 bits per heavy atom. The molecule has 1 fully saturated rings. The molecule has 0 spiro atoms. The van der Waals surface area contributed by atoms with E-state index in [4.69, 9.17) is 11.1 Å². The first-order valence-corrected chi connectivity index (χ1v) is 5.38. The van der Waals surface area contributed by atoms with E-state index in [9.17, 15) is 4.79 Å². The van der Waals surface area contributed by atoms with Crippen LogP contribution in [0.2, 0.25) is 0 Å². The molecule has 0 unspecified atom stereocenters. The van der Waals surface area contributed by atoms with E-state index in [-0.39, 0.29) is 5.91 Å². The first kappa shape index (κ1) is 12.0. The zero-order valence-corrected chi connectivity index (χ0v) is 8.91. The van der Waals surface area contributed by atoms with Gasteiger partial charge in [-0.2, -0.15) is 5.26 Å². The van der Waals surface area contributed by atoms with Gasteiger partial charge in [-0.05, 0) is 25.8 Å². The van der Waals surface area contributed by atoms with E-state index in [1.54, 1.807) is 0 Å². The molecule has 0 aromatic carbocycles. The summed E-state index contributed by atoms with van der Waals surface area (Å²) in [5, 5.41) is 8.51. The summed E-state index contributed by atoms with van der Waals surface area (Å²) in [6.07, 6.45) is 4.31. The third kappa shape index (κ3) is 4.77. The van der Waals surface area contributed by atoms with E-state index in [0.717, 1.165) is 19.5 Å². The summed E-state index contributed by atoms with van der Waals surface area (Å²) in [4.78, 5) is 13.2. The number of rotatable bonds is 7. The van der Waals surface area contributed by atoms with Crippen molar-refractivity contribution in [3.63, 3.8) is 0 Å². The van der Waals surface area contributed by atoms with E-state index < -0.39 is 0 Å². The minimum absolute atomic E-state index is 0.119. The predicted molar refractivity (Wildman–Crippen MR) is 56.4 cm³/mol. The highest BCUT2D eigenvalue weighted by Gasteiger charge is 2.27. The summed E-state index contributed by atoms with van der Waals surface area (Å²) in [6.45, 7) is 1.71. The molecule has 0 aromatic heterocycles. The third-order valence-corrected chi connectivity index (χ3v) is 2.58. The Morgan fingerprint density at radius 2 is 2.27 bits per heavy atom. The summed E-state index contributed by atoms with van der Waals surface area (Å²) in [7, 11) is 0. The second kappa shape index (κ2) is 6.38. The molecule has 15 heavy (non-hydrogen) atoms. The quantitative estimate of drug-likeness (QED) is 0.355. The number of hydrogen-bond donors (Lipinski definition) is 2. The van der Waals surface area contributed by atoms with Gasteiger partial charge in [-0.25, -0.2) is 5.84 Å². The number of amides is 1. The van der Waals surface area contributed by atoms with Crippen LogP contribution in [0.5, 0.6) is 0 Å². The second-order valence-electron chi connectivity index (χ2n) is 3.85. The van der Waals surface area contributed by atoms with Crippen molar-refractivity contribution in [2.24, 2.45) is 5.84 Å². The zero-order valence-electron chi connectivity index (χ0n) is 8.91. The lowest BCUT2D eigenvalue weighted by atomic mass is 10.2. The van der Waals surface area contributed by atoms with E-state index in [1.165, 1.54) is 12.8 Å². The smallest absolute Gasteiger partial charge is 0.233 e. The molecule has 5 heteroatoms. The first-order chi connectivity index (χ1) is 7.27. The summed E-state index contributed by atoms with van der Waals surface area (Å²) in [5.74, 6) is 4.87. The van der Waals surface area contributed by atoms with Crippen molar-refractivity contribution in [2.75, 3.05) is 13.1 Å². The monoisotopic (exact) mass is 210 g/mol. The first-order valence-electron chi connectivity index (χ1n) is 5.38. The van der Waals surface area contributed by atoms with Crippen molar-refractivity contribution in [3.05, 3.63) is 0 Å². The van der Waals surface area contributed by atoms with Crippen molar-refractivity contribution in [1.82, 2.24) is 10.3 Å². The third-order valence-electron chi connectivity index (χ3n) is 2.58. The molecule has 1 rings (SSSR count). The predicted octanol–water partition coefficient (Wildman–Crippen LogP) is 0.135. The number of hydrogen-bond acceptors (Lipinski definition) is 4. The highest BCUT2D eigenvalue weighted by Crippen LogP contribution is 2.26. The van der Waals surface area contributed by atoms with Crippen LogP contribution in [0.15, 0.2) is 0 Å². The van der Waals surface area contributed by atoms with E-state index >= 15 is 0 Å². The van der Waals surface area contributed by atoms with Crippen LogP contribution >= 0.6 is 0 Å². The summed E-state index contributed by atoms with van der Waals surface area (Å²) >= 11 is 0. The highest BCUT2D eigenvalue weighted by atomic mass is 16.2. The van der Waals surface area contributed by atoms with Gasteiger partial charge in [0.15, 0.2) is 0 Å². The molecule has 1 aliphatic carbocycles. The van der Waals surface area contributed by atoms with E-state index in [2.05, 4.69) is 16.4 Å². The fourth-order valence-corrected chi connectivity index (χ4v) is 1.63. The van der Waals surface area contributed by atoms with Gasteiger partial charge in [0.1, 0.15) is 0 Å². The summed E-state index contributed by atoms with van der Waals surface area (Å²) in [5.41, 5.74) is 2.12. The van der Waals surface area contributed by atoms with Crippen LogP contribution in [0.1, 0.15) is 32.1 Å². The largest absolute Gasteiger partial charge is 0.299 e. The molecule has 3 N–H and O–H groups in total. The number of nitriles is 1. The van der Waals surface area contributed by atoms with Crippen LogP contribution in [-0.2, 0) is 4.79 Å². The van der Waals surface area contributed by atoms with Crippen LogP contribution in [0.4, 0.5) is 0 Å². The van der Waals surface area contributed by atoms with Gasteiger partial charge in [0.05, 0.1) is 6.07 Å². The van der Waals surface area contributed by atoms with Gasteiger partial charge in [0.2, 0.25) is 5.91 Å². The SMILES string of the molecule is N#CCCN(CCCC(=O)NN)C1CC1. The van der Waals surface area contributed by atoms with Crippen LogP contribution < -0.4 is 11.3 Å². The molecule has 0 radical (unpaired) electrons. The topological polar surface area (TPSA) is 82.2 Å². The molecule has 0 aliphatic heterocycles. The maximum atomic E-state index is 10.9. The van der Waals surface area contributed by atoms with Gasteiger partial charge in [-0.1, -0.05) is 0 Å². The Kier molecular flexibility index (Phi) is 5.08. The van der Waals surface area contributed by atoms with Gasteiger partial charge in [0, 0.05) is 25.4 Å². The number of nitrogens with one attached hydrogen (secondary N) is 1. The normalized spacial score (nSPS) is 15.0. The Morgan fingerprint density at radius 1 is 1.53 bits per heavy atom. The Hall–Kier alpha value is -1.12. The fourth-order valence-electron chi connectivity index (χ4n) is 1.63. The Balaban J connectivity index is 2.14. The lowest BCUT2D eigenvalue weighted by Crippen LogP contribution is -2.32. The fraction of sp³-hybridized carbons (Fsp3) is 0.800. The lowest BCUT2D eigenvalue weighted by Gasteiger charge is -2.20.